The van der Waals surface area contributed by atoms with E-state index in [1.807, 2.05) is 0 Å². The zero-order chi connectivity index (χ0) is 30.4. The Balaban J connectivity index is 0.000000850. The Hall–Kier alpha value is -3.18. The summed E-state index contributed by atoms with van der Waals surface area (Å²) in [5.41, 5.74) is 0.481. The minimum absolute atomic E-state index is 0.0502. The van der Waals surface area contributed by atoms with Crippen LogP contribution in [-0.2, 0) is 42.1 Å². The van der Waals surface area contributed by atoms with Gasteiger partial charge in [0.05, 0.1) is 16.7 Å². The van der Waals surface area contributed by atoms with E-state index >= 15 is 0 Å². The second-order valence-corrected chi connectivity index (χ2v) is 11.1. The molecule has 1 aliphatic carbocycles. The number of alkyl halides is 3. The van der Waals surface area contributed by atoms with E-state index in [1.165, 1.54) is 12.1 Å². The van der Waals surface area contributed by atoms with Crippen molar-refractivity contribution >= 4 is 39.3 Å². The first-order chi connectivity index (χ1) is 19.1. The topological polar surface area (TPSA) is 166 Å². The van der Waals surface area contributed by atoms with E-state index in [9.17, 15) is 27.6 Å². The van der Waals surface area contributed by atoms with Crippen molar-refractivity contribution < 1.29 is 59.3 Å². The molecule has 1 saturated heterocycles. The number of esters is 1. The molecule has 2 amide bonds. The molecule has 0 aromatic heterocycles. The lowest BCUT2D eigenvalue weighted by atomic mass is 10.1. The van der Waals surface area contributed by atoms with Crippen molar-refractivity contribution in [1.29, 1.82) is 0 Å². The summed E-state index contributed by atoms with van der Waals surface area (Å²) in [6.45, 7) is 1.50. The third kappa shape index (κ3) is 11.3. The number of carbonyl (C=O) groups is 3. The highest BCUT2D eigenvalue weighted by atomic mass is 32.3. The fourth-order valence-corrected chi connectivity index (χ4v) is 4.43. The average molecular weight is 622 g/mol. The van der Waals surface area contributed by atoms with Crippen molar-refractivity contribution in [3.63, 3.8) is 0 Å². The Morgan fingerprint density at radius 2 is 1.66 bits per heavy atom. The SMILES string of the molecule is CC(OC(=O)C1CC1)OC(COc1ccc(CC2SC(=O)NC2=O)cc1)c1ccc(C(F)(F)F)cc1.O=S(=O)(O)O. The second kappa shape index (κ2) is 13.7. The summed E-state index contributed by atoms with van der Waals surface area (Å²) in [5, 5.41) is 1.40. The minimum Gasteiger partial charge on any atom is -0.491 e. The van der Waals surface area contributed by atoms with Crippen molar-refractivity contribution in [3.8, 4) is 5.75 Å². The van der Waals surface area contributed by atoms with Crippen molar-refractivity contribution in [2.45, 2.75) is 50.0 Å². The highest BCUT2D eigenvalue weighted by Gasteiger charge is 2.34. The number of halogens is 3. The molecular weight excluding hydrogens is 595 g/mol. The molecule has 2 fully saturated rings. The Morgan fingerprint density at radius 1 is 1.07 bits per heavy atom. The van der Waals surface area contributed by atoms with Crippen molar-refractivity contribution in [3.05, 3.63) is 65.2 Å². The monoisotopic (exact) mass is 621 g/mol. The van der Waals surface area contributed by atoms with E-state index in [2.05, 4.69) is 5.32 Å². The summed E-state index contributed by atoms with van der Waals surface area (Å²) in [6.07, 6.45) is -4.27. The fourth-order valence-electron chi connectivity index (χ4n) is 3.57. The lowest BCUT2D eigenvalue weighted by Crippen LogP contribution is -2.25. The summed E-state index contributed by atoms with van der Waals surface area (Å²) in [4.78, 5) is 35.0. The number of hydrogen-bond acceptors (Lipinski definition) is 9. The predicted molar refractivity (Wildman–Crippen MR) is 138 cm³/mol. The molecule has 3 atom stereocenters. The van der Waals surface area contributed by atoms with Crippen LogP contribution in [0.5, 0.6) is 5.75 Å². The van der Waals surface area contributed by atoms with Crippen LogP contribution in [0.25, 0.3) is 0 Å². The first-order valence-electron chi connectivity index (χ1n) is 12.0. The van der Waals surface area contributed by atoms with E-state index in [0.29, 0.717) is 17.7 Å². The predicted octanol–water partition coefficient (Wildman–Crippen LogP) is 4.38. The minimum atomic E-state index is -4.67. The second-order valence-electron chi connectivity index (χ2n) is 9.01. The van der Waals surface area contributed by atoms with Gasteiger partial charge in [-0.1, -0.05) is 36.0 Å². The molecular formula is C25H26F3NO10S2. The standard InChI is InChI=1S/C25H24F3NO6S.H2O4S/c1-14(35-23(31)17-4-5-17)34-20(16-6-8-18(9-7-16)25(26,27)28)13-33-19-10-2-15(3-11-19)12-21-22(30)29-24(32)36-21;1-5(2,3)4/h2-3,6-11,14,17,20-21H,4-5,12-13H2,1H3,(H,29,30,32);(H2,1,2,3,4). The quantitative estimate of drug-likeness (QED) is 0.196. The first-order valence-corrected chi connectivity index (χ1v) is 14.3. The third-order valence-corrected chi connectivity index (χ3v) is 6.65. The molecule has 4 rings (SSSR count). The fraction of sp³-hybridized carbons (Fsp3) is 0.400. The van der Waals surface area contributed by atoms with Crippen LogP contribution in [0.3, 0.4) is 0 Å². The number of nitrogens with one attached hydrogen (secondary N) is 1. The van der Waals surface area contributed by atoms with Gasteiger partial charge < -0.3 is 14.2 Å². The maximum Gasteiger partial charge on any atom is 0.416 e. The molecule has 0 radical (unpaired) electrons. The van der Waals surface area contributed by atoms with E-state index in [4.69, 9.17) is 31.7 Å². The first kappa shape index (κ1) is 32.3. The van der Waals surface area contributed by atoms with Crippen LogP contribution in [0.4, 0.5) is 18.0 Å². The highest BCUT2D eigenvalue weighted by molar-refractivity contribution is 8.15. The van der Waals surface area contributed by atoms with E-state index < -0.39 is 39.8 Å². The number of ether oxygens (including phenoxy) is 3. The number of imide groups is 1. The Bertz CT molecular complexity index is 1320. The molecule has 3 N–H and O–H groups in total. The zero-order valence-corrected chi connectivity index (χ0v) is 23.0. The van der Waals surface area contributed by atoms with Gasteiger partial charge in [-0.3, -0.25) is 28.8 Å². The zero-order valence-electron chi connectivity index (χ0n) is 21.4. The van der Waals surface area contributed by atoms with Crippen LogP contribution in [0, 0.1) is 5.92 Å². The normalized spacial score (nSPS) is 18.5. The number of amides is 2. The van der Waals surface area contributed by atoms with Crippen molar-refractivity contribution in [2.75, 3.05) is 6.61 Å². The van der Waals surface area contributed by atoms with Crippen molar-refractivity contribution in [1.82, 2.24) is 5.32 Å². The van der Waals surface area contributed by atoms with E-state index in [-0.39, 0.29) is 29.6 Å². The van der Waals surface area contributed by atoms with Crippen molar-refractivity contribution in [2.24, 2.45) is 5.92 Å². The van der Waals surface area contributed by atoms with E-state index in [1.54, 1.807) is 31.2 Å². The Labute approximate surface area is 237 Å². The number of carbonyl (C=O) groups excluding carboxylic acids is 3. The summed E-state index contributed by atoms with van der Waals surface area (Å²) in [6, 6.07) is 11.4. The van der Waals surface area contributed by atoms with Crippen LogP contribution in [-0.4, -0.2) is 52.8 Å². The van der Waals surface area contributed by atoms with Gasteiger partial charge in [0.1, 0.15) is 18.5 Å². The molecule has 0 bridgehead atoms. The Morgan fingerprint density at radius 3 is 2.15 bits per heavy atom. The largest absolute Gasteiger partial charge is 0.491 e. The van der Waals surface area contributed by atoms with Gasteiger partial charge in [-0.2, -0.15) is 21.6 Å². The van der Waals surface area contributed by atoms with Gasteiger partial charge in [0.15, 0.2) is 0 Å². The molecule has 41 heavy (non-hydrogen) atoms. The molecule has 11 nitrogen and oxygen atoms in total. The van der Waals surface area contributed by atoms with Crippen LogP contribution >= 0.6 is 11.8 Å². The van der Waals surface area contributed by atoms with Gasteiger partial charge in [-0.15, -0.1) is 0 Å². The lowest BCUT2D eigenvalue weighted by molar-refractivity contribution is -0.190. The maximum absolute atomic E-state index is 13.0. The number of benzene rings is 2. The van der Waals surface area contributed by atoms with Gasteiger partial charge in [-0.25, -0.2) is 0 Å². The molecule has 2 aliphatic rings. The number of rotatable bonds is 10. The molecule has 224 valence electrons. The smallest absolute Gasteiger partial charge is 0.416 e. The molecule has 2 aromatic carbocycles. The lowest BCUT2D eigenvalue weighted by Gasteiger charge is -2.23. The summed E-state index contributed by atoms with van der Waals surface area (Å²) in [5.74, 6) is -0.331. The summed E-state index contributed by atoms with van der Waals surface area (Å²) < 4.78 is 87.5. The summed E-state index contributed by atoms with van der Waals surface area (Å²) in [7, 11) is -4.67. The van der Waals surface area contributed by atoms with E-state index in [0.717, 1.165) is 42.3 Å². The van der Waals surface area contributed by atoms with Crippen LogP contribution in [0.2, 0.25) is 0 Å². The van der Waals surface area contributed by atoms with Gasteiger partial charge in [0.2, 0.25) is 12.2 Å². The molecule has 1 aliphatic heterocycles. The third-order valence-electron chi connectivity index (χ3n) is 5.67. The molecule has 0 spiro atoms. The molecule has 16 heteroatoms. The van der Waals surface area contributed by atoms with Crippen LogP contribution < -0.4 is 10.1 Å². The number of thioether (sulfide) groups is 1. The van der Waals surface area contributed by atoms with Gasteiger partial charge in [0, 0.05) is 0 Å². The maximum atomic E-state index is 13.0. The Kier molecular flexibility index (Phi) is 10.8. The summed E-state index contributed by atoms with van der Waals surface area (Å²) >= 11 is 0.949. The van der Waals surface area contributed by atoms with Gasteiger partial charge in [-0.05, 0) is 61.6 Å². The highest BCUT2D eigenvalue weighted by Crippen LogP contribution is 2.33. The van der Waals surface area contributed by atoms with Crippen LogP contribution in [0.1, 0.15) is 42.6 Å². The molecule has 3 unspecified atom stereocenters. The van der Waals surface area contributed by atoms with Gasteiger partial charge >= 0.3 is 22.5 Å². The van der Waals surface area contributed by atoms with Gasteiger partial charge in [0.25, 0.3) is 5.24 Å². The molecule has 2 aromatic rings. The molecule has 1 saturated carbocycles. The molecule has 1 heterocycles. The average Bonchev–Trinajstić information content (AvgIpc) is 3.66. The number of hydrogen-bond donors (Lipinski definition) is 3. The van der Waals surface area contributed by atoms with Crippen LogP contribution in [0.15, 0.2) is 48.5 Å².